The number of hydrogen-bond donors (Lipinski definition) is 0. The zero-order valence-electron chi connectivity index (χ0n) is 13.2. The number of aromatic nitrogens is 1. The molecule has 0 saturated carbocycles. The summed E-state index contributed by atoms with van der Waals surface area (Å²) in [4.78, 5) is 18.7. The Morgan fingerprint density at radius 2 is 2.00 bits per heavy atom. The topological polar surface area (TPSA) is 51.7 Å². The normalized spacial score (nSPS) is 19.6. The number of anilines is 1. The number of fused-ring (bicyclic) bond motifs is 1. The highest BCUT2D eigenvalue weighted by Crippen LogP contribution is 2.41. The van der Waals surface area contributed by atoms with E-state index in [2.05, 4.69) is 4.90 Å². The maximum absolute atomic E-state index is 11.6. The summed E-state index contributed by atoms with van der Waals surface area (Å²) < 4.78 is 10.2. The SMILES string of the molecule is COC(=O)c1ccc2nc(N3CC4(CCOCC4)C3)ccc2c1. The summed E-state index contributed by atoms with van der Waals surface area (Å²) in [6.45, 7) is 3.90. The lowest BCUT2D eigenvalue weighted by Crippen LogP contribution is -2.58. The summed E-state index contributed by atoms with van der Waals surface area (Å²) in [5.74, 6) is 0.695. The van der Waals surface area contributed by atoms with Gasteiger partial charge in [0, 0.05) is 37.1 Å². The predicted octanol–water partition coefficient (Wildman–Crippen LogP) is 2.64. The number of carbonyl (C=O) groups excluding carboxylic acids is 1. The quantitative estimate of drug-likeness (QED) is 0.798. The fourth-order valence-electron chi connectivity index (χ4n) is 3.58. The summed E-state index contributed by atoms with van der Waals surface area (Å²) in [6, 6.07) is 9.54. The fourth-order valence-corrected chi connectivity index (χ4v) is 3.58. The average molecular weight is 312 g/mol. The van der Waals surface area contributed by atoms with Crippen LogP contribution in [-0.2, 0) is 9.47 Å². The number of benzene rings is 1. The minimum atomic E-state index is -0.319. The number of carbonyl (C=O) groups is 1. The van der Waals surface area contributed by atoms with Crippen LogP contribution in [0.25, 0.3) is 10.9 Å². The lowest BCUT2D eigenvalue weighted by atomic mass is 9.73. The van der Waals surface area contributed by atoms with Gasteiger partial charge in [0.2, 0.25) is 0 Å². The highest BCUT2D eigenvalue weighted by molar-refractivity contribution is 5.94. The minimum absolute atomic E-state index is 0.319. The van der Waals surface area contributed by atoms with Crippen LogP contribution in [0, 0.1) is 5.41 Å². The Morgan fingerprint density at radius 3 is 2.74 bits per heavy atom. The molecule has 0 aliphatic carbocycles. The van der Waals surface area contributed by atoms with Gasteiger partial charge in [0.25, 0.3) is 0 Å². The van der Waals surface area contributed by atoms with Crippen molar-refractivity contribution in [3.05, 3.63) is 35.9 Å². The van der Waals surface area contributed by atoms with Gasteiger partial charge in [0.1, 0.15) is 5.82 Å². The fraction of sp³-hybridized carbons (Fsp3) is 0.444. The van der Waals surface area contributed by atoms with E-state index < -0.39 is 0 Å². The number of nitrogens with zero attached hydrogens (tertiary/aromatic N) is 2. The van der Waals surface area contributed by atoms with E-state index in [1.807, 2.05) is 24.3 Å². The van der Waals surface area contributed by atoms with Crippen molar-refractivity contribution in [2.45, 2.75) is 12.8 Å². The Hall–Kier alpha value is -2.14. The standard InChI is InChI=1S/C18H20N2O3/c1-22-17(21)14-2-4-15-13(10-14)3-5-16(19-15)20-11-18(12-20)6-8-23-9-7-18/h2-5,10H,6-9,11-12H2,1H3. The van der Waals surface area contributed by atoms with Crippen LogP contribution in [0.3, 0.4) is 0 Å². The van der Waals surface area contributed by atoms with E-state index in [1.165, 1.54) is 7.11 Å². The van der Waals surface area contributed by atoms with Gasteiger partial charge in [-0.1, -0.05) is 0 Å². The number of esters is 1. The van der Waals surface area contributed by atoms with Crippen molar-refractivity contribution in [2.75, 3.05) is 38.3 Å². The monoisotopic (exact) mass is 312 g/mol. The number of pyridine rings is 1. The van der Waals surface area contributed by atoms with Crippen molar-refractivity contribution in [2.24, 2.45) is 5.41 Å². The molecule has 0 N–H and O–H groups in total. The van der Waals surface area contributed by atoms with Crippen LogP contribution >= 0.6 is 0 Å². The Morgan fingerprint density at radius 1 is 1.22 bits per heavy atom. The maximum Gasteiger partial charge on any atom is 0.337 e. The van der Waals surface area contributed by atoms with Crippen molar-refractivity contribution in [3.63, 3.8) is 0 Å². The summed E-state index contributed by atoms with van der Waals surface area (Å²) in [5, 5.41) is 0.956. The molecule has 0 amide bonds. The van der Waals surface area contributed by atoms with Crippen LogP contribution in [0.15, 0.2) is 30.3 Å². The molecule has 2 fully saturated rings. The first-order valence-electron chi connectivity index (χ1n) is 8.01. The zero-order chi connectivity index (χ0) is 15.9. The van der Waals surface area contributed by atoms with Crippen LogP contribution < -0.4 is 4.90 Å². The van der Waals surface area contributed by atoms with E-state index in [1.54, 1.807) is 6.07 Å². The van der Waals surface area contributed by atoms with Crippen LogP contribution in [-0.4, -0.2) is 44.4 Å². The van der Waals surface area contributed by atoms with Gasteiger partial charge in [-0.2, -0.15) is 0 Å². The van der Waals surface area contributed by atoms with E-state index in [4.69, 9.17) is 14.5 Å². The second kappa shape index (κ2) is 5.49. The first-order valence-corrected chi connectivity index (χ1v) is 8.01. The Labute approximate surface area is 135 Å². The largest absolute Gasteiger partial charge is 0.465 e. The van der Waals surface area contributed by atoms with Gasteiger partial charge < -0.3 is 14.4 Å². The minimum Gasteiger partial charge on any atom is -0.465 e. The third-order valence-corrected chi connectivity index (χ3v) is 5.03. The molecular formula is C18H20N2O3. The summed E-state index contributed by atoms with van der Waals surface area (Å²) in [5.41, 5.74) is 1.90. The molecular weight excluding hydrogens is 292 g/mol. The molecule has 2 saturated heterocycles. The summed E-state index contributed by atoms with van der Waals surface area (Å²) >= 11 is 0. The van der Waals surface area contributed by atoms with E-state index in [0.29, 0.717) is 11.0 Å². The highest BCUT2D eigenvalue weighted by atomic mass is 16.5. The third kappa shape index (κ3) is 2.55. The number of hydrogen-bond acceptors (Lipinski definition) is 5. The molecule has 2 aliphatic rings. The molecule has 5 heteroatoms. The lowest BCUT2D eigenvalue weighted by molar-refractivity contribution is -0.000437. The van der Waals surface area contributed by atoms with Crippen LogP contribution in [0.5, 0.6) is 0 Å². The molecule has 2 aliphatic heterocycles. The molecule has 0 bridgehead atoms. The maximum atomic E-state index is 11.6. The molecule has 4 rings (SSSR count). The van der Waals surface area contributed by atoms with Crippen molar-refractivity contribution in [3.8, 4) is 0 Å². The molecule has 23 heavy (non-hydrogen) atoms. The van der Waals surface area contributed by atoms with Gasteiger partial charge in [-0.25, -0.2) is 9.78 Å². The first kappa shape index (κ1) is 14.5. The molecule has 1 spiro atoms. The van der Waals surface area contributed by atoms with E-state index in [9.17, 15) is 4.79 Å². The molecule has 0 unspecified atom stereocenters. The van der Waals surface area contributed by atoms with Gasteiger partial charge in [-0.15, -0.1) is 0 Å². The lowest BCUT2D eigenvalue weighted by Gasteiger charge is -2.52. The Bertz CT molecular complexity index is 745. The molecule has 2 aromatic rings. The van der Waals surface area contributed by atoms with E-state index in [0.717, 1.165) is 55.9 Å². The second-order valence-corrected chi connectivity index (χ2v) is 6.54. The predicted molar refractivity (Wildman–Crippen MR) is 87.8 cm³/mol. The molecule has 0 atom stereocenters. The van der Waals surface area contributed by atoms with Crippen LogP contribution in [0.4, 0.5) is 5.82 Å². The van der Waals surface area contributed by atoms with Crippen molar-refractivity contribution in [1.29, 1.82) is 0 Å². The number of rotatable bonds is 2. The smallest absolute Gasteiger partial charge is 0.337 e. The summed E-state index contributed by atoms with van der Waals surface area (Å²) in [7, 11) is 1.39. The molecule has 120 valence electrons. The van der Waals surface area contributed by atoms with Crippen molar-refractivity contribution >= 4 is 22.7 Å². The molecule has 1 aromatic heterocycles. The number of methoxy groups -OCH3 is 1. The molecule has 5 nitrogen and oxygen atoms in total. The van der Waals surface area contributed by atoms with Gasteiger partial charge in [-0.3, -0.25) is 0 Å². The summed E-state index contributed by atoms with van der Waals surface area (Å²) in [6.07, 6.45) is 2.30. The van der Waals surface area contributed by atoms with Gasteiger partial charge >= 0.3 is 5.97 Å². The first-order chi connectivity index (χ1) is 11.2. The Balaban J connectivity index is 1.54. The van der Waals surface area contributed by atoms with Gasteiger partial charge in [0.05, 0.1) is 18.2 Å². The molecule has 3 heterocycles. The van der Waals surface area contributed by atoms with E-state index in [-0.39, 0.29) is 5.97 Å². The van der Waals surface area contributed by atoms with Gasteiger partial charge in [-0.05, 0) is 43.2 Å². The van der Waals surface area contributed by atoms with Crippen molar-refractivity contribution < 1.29 is 14.3 Å². The molecule has 1 aromatic carbocycles. The average Bonchev–Trinajstić information content (AvgIpc) is 2.58. The van der Waals surface area contributed by atoms with Crippen LogP contribution in [0.1, 0.15) is 23.2 Å². The number of ether oxygens (including phenoxy) is 2. The van der Waals surface area contributed by atoms with Crippen LogP contribution in [0.2, 0.25) is 0 Å². The van der Waals surface area contributed by atoms with Gasteiger partial charge in [0.15, 0.2) is 0 Å². The highest BCUT2D eigenvalue weighted by Gasteiger charge is 2.44. The van der Waals surface area contributed by atoms with E-state index >= 15 is 0 Å². The third-order valence-electron chi connectivity index (χ3n) is 5.03. The molecule has 0 radical (unpaired) electrons. The van der Waals surface area contributed by atoms with Crippen molar-refractivity contribution in [1.82, 2.24) is 4.98 Å². The Kier molecular flexibility index (Phi) is 3.45. The second-order valence-electron chi connectivity index (χ2n) is 6.54. The zero-order valence-corrected chi connectivity index (χ0v) is 13.2.